The lowest BCUT2D eigenvalue weighted by atomic mass is 10.4. The fraction of sp³-hybridized carbons (Fsp3) is 0.636. The molecule has 1 fully saturated rings. The minimum Gasteiger partial charge on any atom is -0.301 e. The first-order valence-electron chi connectivity index (χ1n) is 5.93. The molecule has 0 bridgehead atoms. The lowest BCUT2D eigenvalue weighted by molar-refractivity contribution is 0.196. The molecule has 0 spiro atoms. The van der Waals surface area contributed by atoms with Crippen molar-refractivity contribution in [3.63, 3.8) is 0 Å². The number of likely N-dealkylation sites (N-methyl/N-ethyl adjacent to an activating group) is 1. The molecule has 0 aliphatic carbocycles. The van der Waals surface area contributed by atoms with Gasteiger partial charge in [-0.15, -0.1) is 11.3 Å². The number of hydrogen-bond donors (Lipinski definition) is 0. The van der Waals surface area contributed by atoms with Gasteiger partial charge in [0, 0.05) is 26.2 Å². The van der Waals surface area contributed by atoms with Crippen molar-refractivity contribution >= 4 is 37.3 Å². The van der Waals surface area contributed by atoms with Crippen molar-refractivity contribution in [1.82, 2.24) is 9.21 Å². The fourth-order valence-electron chi connectivity index (χ4n) is 1.97. The monoisotopic (exact) mass is 352 g/mol. The first-order valence-corrected chi connectivity index (χ1v) is 8.98. The Labute approximate surface area is 121 Å². The first-order chi connectivity index (χ1) is 8.45. The van der Waals surface area contributed by atoms with Crippen molar-refractivity contribution in [3.8, 4) is 0 Å². The van der Waals surface area contributed by atoms with Gasteiger partial charge in [-0.3, -0.25) is 0 Å². The van der Waals surface area contributed by atoms with Crippen LogP contribution in [0.5, 0.6) is 0 Å². The number of halogens is 1. The van der Waals surface area contributed by atoms with E-state index in [-0.39, 0.29) is 0 Å². The summed E-state index contributed by atoms with van der Waals surface area (Å²) in [4.78, 5) is 2.27. The Balaban J connectivity index is 2.17. The average molecular weight is 353 g/mol. The van der Waals surface area contributed by atoms with Crippen molar-refractivity contribution in [2.45, 2.75) is 18.1 Å². The van der Waals surface area contributed by atoms with Gasteiger partial charge < -0.3 is 4.90 Å². The molecule has 1 saturated heterocycles. The Bertz CT molecular complexity index is 500. The van der Waals surface area contributed by atoms with Crippen LogP contribution in [0.25, 0.3) is 0 Å². The zero-order chi connectivity index (χ0) is 13.3. The molecule has 0 aromatic carbocycles. The third-order valence-corrected chi connectivity index (χ3v) is 7.69. The molecular weight excluding hydrogens is 336 g/mol. The Morgan fingerprint density at radius 2 is 1.94 bits per heavy atom. The zero-order valence-electron chi connectivity index (χ0n) is 10.5. The van der Waals surface area contributed by atoms with Gasteiger partial charge in [-0.2, -0.15) is 4.31 Å². The van der Waals surface area contributed by atoms with E-state index in [2.05, 4.69) is 27.8 Å². The fourth-order valence-corrected chi connectivity index (χ4v) is 5.78. The number of piperazine rings is 1. The highest BCUT2D eigenvalue weighted by molar-refractivity contribution is 9.11. The standard InChI is InChI=1S/C11H17BrN2O2S2/c1-3-13-4-6-14(7-5-13)18(15,16)10-8-9(2)11(12)17-10/h8H,3-7H2,1-2H3. The average Bonchev–Trinajstić information content (AvgIpc) is 2.70. The van der Waals surface area contributed by atoms with Crippen molar-refractivity contribution in [3.05, 3.63) is 15.4 Å². The minimum atomic E-state index is -3.30. The molecule has 7 heteroatoms. The van der Waals surface area contributed by atoms with Crippen molar-refractivity contribution in [2.24, 2.45) is 0 Å². The number of thiophene rings is 1. The third kappa shape index (κ3) is 2.80. The molecule has 2 heterocycles. The van der Waals surface area contributed by atoms with Gasteiger partial charge >= 0.3 is 0 Å². The van der Waals surface area contributed by atoms with E-state index in [0.717, 1.165) is 29.0 Å². The molecule has 1 aromatic heterocycles. The van der Waals surface area contributed by atoms with E-state index >= 15 is 0 Å². The Kier molecular flexibility index (Phi) is 4.48. The molecule has 4 nitrogen and oxygen atoms in total. The summed E-state index contributed by atoms with van der Waals surface area (Å²) in [5.41, 5.74) is 0.978. The van der Waals surface area contributed by atoms with Gasteiger partial charge in [0.25, 0.3) is 10.0 Å². The number of hydrogen-bond acceptors (Lipinski definition) is 4. The quantitative estimate of drug-likeness (QED) is 0.836. The van der Waals surface area contributed by atoms with Crippen LogP contribution in [0.15, 0.2) is 14.1 Å². The van der Waals surface area contributed by atoms with Crippen LogP contribution in [0, 0.1) is 6.92 Å². The molecule has 1 aliphatic rings. The van der Waals surface area contributed by atoms with E-state index < -0.39 is 10.0 Å². The molecule has 0 amide bonds. The van der Waals surface area contributed by atoms with Crippen LogP contribution in [0.3, 0.4) is 0 Å². The highest BCUT2D eigenvalue weighted by Crippen LogP contribution is 2.32. The normalized spacial score (nSPS) is 19.3. The van der Waals surface area contributed by atoms with E-state index in [0.29, 0.717) is 17.3 Å². The maximum absolute atomic E-state index is 12.4. The molecule has 0 atom stereocenters. The Morgan fingerprint density at radius 3 is 2.39 bits per heavy atom. The molecule has 0 saturated carbocycles. The number of nitrogens with zero attached hydrogens (tertiary/aromatic N) is 2. The van der Waals surface area contributed by atoms with Crippen LogP contribution in [0.4, 0.5) is 0 Å². The summed E-state index contributed by atoms with van der Waals surface area (Å²) in [6.45, 7) is 7.81. The van der Waals surface area contributed by atoms with Gasteiger partial charge in [0.2, 0.25) is 0 Å². The highest BCUT2D eigenvalue weighted by atomic mass is 79.9. The van der Waals surface area contributed by atoms with Crippen LogP contribution in [0.2, 0.25) is 0 Å². The van der Waals surface area contributed by atoms with Crippen LogP contribution in [0.1, 0.15) is 12.5 Å². The number of aryl methyl sites for hydroxylation is 1. The summed E-state index contributed by atoms with van der Waals surface area (Å²) in [7, 11) is -3.30. The topological polar surface area (TPSA) is 40.6 Å². The molecule has 102 valence electrons. The maximum Gasteiger partial charge on any atom is 0.252 e. The number of sulfonamides is 1. The first kappa shape index (κ1) is 14.5. The van der Waals surface area contributed by atoms with Crippen molar-refractivity contribution in [1.29, 1.82) is 0 Å². The molecule has 18 heavy (non-hydrogen) atoms. The van der Waals surface area contributed by atoms with Crippen LogP contribution >= 0.6 is 27.3 Å². The van der Waals surface area contributed by atoms with Crippen molar-refractivity contribution < 1.29 is 8.42 Å². The largest absolute Gasteiger partial charge is 0.301 e. The Morgan fingerprint density at radius 1 is 1.33 bits per heavy atom. The van der Waals surface area contributed by atoms with Gasteiger partial charge in [-0.05, 0) is 41.0 Å². The van der Waals surface area contributed by atoms with Crippen LogP contribution < -0.4 is 0 Å². The zero-order valence-corrected chi connectivity index (χ0v) is 13.7. The predicted molar refractivity (Wildman–Crippen MR) is 77.6 cm³/mol. The van der Waals surface area contributed by atoms with Crippen molar-refractivity contribution in [2.75, 3.05) is 32.7 Å². The van der Waals surface area contributed by atoms with E-state index in [1.54, 1.807) is 10.4 Å². The van der Waals surface area contributed by atoms with E-state index in [4.69, 9.17) is 0 Å². The van der Waals surface area contributed by atoms with E-state index in [9.17, 15) is 8.42 Å². The summed E-state index contributed by atoms with van der Waals surface area (Å²) >= 11 is 4.68. The van der Waals surface area contributed by atoms with Crippen LogP contribution in [-0.4, -0.2) is 50.3 Å². The van der Waals surface area contributed by atoms with E-state index in [1.165, 1.54) is 11.3 Å². The second-order valence-corrected chi connectivity index (χ2v) is 8.90. The van der Waals surface area contributed by atoms with Gasteiger partial charge in [-0.1, -0.05) is 6.92 Å². The van der Waals surface area contributed by atoms with Crippen LogP contribution in [-0.2, 0) is 10.0 Å². The Hall–Kier alpha value is 0.0500. The second kappa shape index (κ2) is 5.58. The maximum atomic E-state index is 12.4. The molecule has 0 radical (unpaired) electrons. The summed E-state index contributed by atoms with van der Waals surface area (Å²) in [6.07, 6.45) is 0. The third-order valence-electron chi connectivity index (χ3n) is 3.21. The summed E-state index contributed by atoms with van der Waals surface area (Å²) in [5.74, 6) is 0. The van der Waals surface area contributed by atoms with Gasteiger partial charge in [0.15, 0.2) is 0 Å². The summed E-state index contributed by atoms with van der Waals surface area (Å²) in [6, 6.07) is 1.75. The molecule has 0 N–H and O–H groups in total. The minimum absolute atomic E-state index is 0.442. The molecule has 2 rings (SSSR count). The molecular formula is C11H17BrN2O2S2. The predicted octanol–water partition coefficient (Wildman–Crippen LogP) is 2.15. The second-order valence-electron chi connectivity index (χ2n) is 4.36. The summed E-state index contributed by atoms with van der Waals surface area (Å²) in [5, 5.41) is 0. The van der Waals surface area contributed by atoms with E-state index in [1.807, 2.05) is 6.92 Å². The molecule has 1 aliphatic heterocycles. The van der Waals surface area contributed by atoms with Gasteiger partial charge in [0.05, 0.1) is 3.79 Å². The van der Waals surface area contributed by atoms with Gasteiger partial charge in [0.1, 0.15) is 4.21 Å². The lowest BCUT2D eigenvalue weighted by Gasteiger charge is -2.32. The molecule has 1 aromatic rings. The molecule has 0 unspecified atom stereocenters. The summed E-state index contributed by atoms with van der Waals surface area (Å²) < 4.78 is 27.8. The van der Waals surface area contributed by atoms with Gasteiger partial charge in [-0.25, -0.2) is 8.42 Å². The SMILES string of the molecule is CCN1CCN(S(=O)(=O)c2cc(C)c(Br)s2)CC1. The highest BCUT2D eigenvalue weighted by Gasteiger charge is 2.29. The number of rotatable bonds is 3. The lowest BCUT2D eigenvalue weighted by Crippen LogP contribution is -2.48. The smallest absolute Gasteiger partial charge is 0.252 e.